The summed E-state index contributed by atoms with van der Waals surface area (Å²) in [6.07, 6.45) is 4.93. The van der Waals surface area contributed by atoms with Crippen LogP contribution in [0.3, 0.4) is 0 Å². The van der Waals surface area contributed by atoms with Gasteiger partial charge in [0.15, 0.2) is 6.61 Å². The number of amides is 2. The number of likely N-dealkylation sites (tertiary alicyclic amines) is 1. The summed E-state index contributed by atoms with van der Waals surface area (Å²) in [6, 6.07) is 14.9. The maximum Gasteiger partial charge on any atom is 0.340 e. The molecule has 2 unspecified atom stereocenters. The lowest BCUT2D eigenvalue weighted by atomic mass is 9.71. The van der Waals surface area contributed by atoms with E-state index in [9.17, 15) is 19.5 Å². The van der Waals surface area contributed by atoms with E-state index in [4.69, 9.17) is 9.15 Å². The molecule has 2 N–H and O–H groups in total. The van der Waals surface area contributed by atoms with Gasteiger partial charge < -0.3 is 24.5 Å². The molecular formula is C30H34N2O6. The third-order valence-electron chi connectivity index (χ3n) is 8.07. The lowest BCUT2D eigenvalue weighted by Gasteiger charge is -2.47. The summed E-state index contributed by atoms with van der Waals surface area (Å²) in [5.74, 6) is -0.0651. The van der Waals surface area contributed by atoms with Crippen molar-refractivity contribution in [3.8, 4) is 5.75 Å². The number of rotatable bonds is 7. The molecule has 5 rings (SSSR count). The van der Waals surface area contributed by atoms with E-state index < -0.39 is 17.1 Å². The van der Waals surface area contributed by atoms with Gasteiger partial charge in [0.25, 0.3) is 5.91 Å². The minimum Gasteiger partial charge on any atom is -0.484 e. The number of nitrogens with one attached hydrogen (secondary N) is 1. The molecule has 0 radical (unpaired) electrons. The van der Waals surface area contributed by atoms with Crippen LogP contribution in [-0.4, -0.2) is 53.7 Å². The highest BCUT2D eigenvalue weighted by Gasteiger charge is 2.43. The number of carbonyl (C=O) groups is 2. The normalized spacial score (nSPS) is 21.1. The fourth-order valence-electron chi connectivity index (χ4n) is 5.75. The molecule has 2 atom stereocenters. The number of aryl methyl sites for hydroxylation is 1. The van der Waals surface area contributed by atoms with Crippen molar-refractivity contribution in [2.45, 2.75) is 51.0 Å². The van der Waals surface area contributed by atoms with Crippen LogP contribution in [0.25, 0.3) is 11.0 Å². The molecule has 2 aliphatic rings. The standard InChI is InChI=1S/C30H34N2O6/c1-20-24-11-10-23(16-26(24)38-29(35)25(20)15-21-7-3-2-4-8-21)37-19-27(33)31-17-28(34)32-14-13-30(36)12-6-5-9-22(30)18-32/h2-4,7-8,10-11,16,22,36H,5-6,9,12-15,17-19H2,1H3,(H,31,33). The summed E-state index contributed by atoms with van der Waals surface area (Å²) in [6.45, 7) is 2.57. The van der Waals surface area contributed by atoms with Gasteiger partial charge in [-0.3, -0.25) is 9.59 Å². The molecule has 8 nitrogen and oxygen atoms in total. The topological polar surface area (TPSA) is 109 Å². The minimum absolute atomic E-state index is 0.108. The molecule has 38 heavy (non-hydrogen) atoms. The van der Waals surface area contributed by atoms with Gasteiger partial charge in [-0.15, -0.1) is 0 Å². The summed E-state index contributed by atoms with van der Waals surface area (Å²) in [5, 5.41) is 14.2. The minimum atomic E-state index is -0.646. The molecule has 2 fully saturated rings. The van der Waals surface area contributed by atoms with Crippen molar-refractivity contribution >= 4 is 22.8 Å². The Morgan fingerprint density at radius 3 is 2.79 bits per heavy atom. The van der Waals surface area contributed by atoms with Gasteiger partial charge in [-0.2, -0.15) is 0 Å². The first-order chi connectivity index (χ1) is 18.3. The van der Waals surface area contributed by atoms with Crippen LogP contribution in [0.15, 0.2) is 57.7 Å². The number of piperidine rings is 1. The number of ether oxygens (including phenoxy) is 1. The molecular weight excluding hydrogens is 484 g/mol. The molecule has 1 aliphatic carbocycles. The summed E-state index contributed by atoms with van der Waals surface area (Å²) >= 11 is 0. The quantitative estimate of drug-likeness (QED) is 0.465. The summed E-state index contributed by atoms with van der Waals surface area (Å²) in [5.41, 5.74) is 1.85. The van der Waals surface area contributed by atoms with Crippen molar-refractivity contribution in [3.05, 3.63) is 75.6 Å². The Bertz CT molecular complexity index is 1380. The molecule has 1 aromatic heterocycles. The van der Waals surface area contributed by atoms with Crippen LogP contribution >= 0.6 is 0 Å². The molecule has 2 amide bonds. The van der Waals surface area contributed by atoms with Crippen molar-refractivity contribution in [3.63, 3.8) is 0 Å². The van der Waals surface area contributed by atoms with Crippen molar-refractivity contribution in [1.29, 1.82) is 0 Å². The number of carbonyl (C=O) groups excluding carboxylic acids is 2. The molecule has 1 saturated carbocycles. The number of aliphatic hydroxyl groups is 1. The van der Waals surface area contributed by atoms with E-state index in [2.05, 4.69) is 5.32 Å². The number of hydrogen-bond donors (Lipinski definition) is 2. The smallest absolute Gasteiger partial charge is 0.340 e. The van der Waals surface area contributed by atoms with Crippen LogP contribution < -0.4 is 15.7 Å². The monoisotopic (exact) mass is 518 g/mol. The van der Waals surface area contributed by atoms with E-state index in [1.54, 1.807) is 17.0 Å². The predicted molar refractivity (Wildman–Crippen MR) is 143 cm³/mol. The first-order valence-electron chi connectivity index (χ1n) is 13.3. The Balaban J connectivity index is 1.15. The SMILES string of the molecule is Cc1c(Cc2ccccc2)c(=O)oc2cc(OCC(=O)NCC(=O)N3CCC4(O)CCCCC4C3)ccc12. The highest BCUT2D eigenvalue weighted by Crippen LogP contribution is 2.39. The summed E-state index contributed by atoms with van der Waals surface area (Å²) < 4.78 is 11.2. The third kappa shape index (κ3) is 5.60. The second kappa shape index (κ2) is 11.0. The first-order valence-corrected chi connectivity index (χ1v) is 13.3. The van der Waals surface area contributed by atoms with Crippen LogP contribution in [0, 0.1) is 12.8 Å². The Hall–Kier alpha value is -3.65. The van der Waals surface area contributed by atoms with Crippen molar-refractivity contribution in [1.82, 2.24) is 10.2 Å². The molecule has 1 saturated heterocycles. The van der Waals surface area contributed by atoms with Crippen LogP contribution in [0.1, 0.15) is 48.8 Å². The van der Waals surface area contributed by atoms with Gasteiger partial charge in [-0.1, -0.05) is 43.2 Å². The average Bonchev–Trinajstić information content (AvgIpc) is 2.92. The molecule has 2 heterocycles. The van der Waals surface area contributed by atoms with Crippen LogP contribution in [-0.2, 0) is 16.0 Å². The van der Waals surface area contributed by atoms with Crippen LogP contribution in [0.5, 0.6) is 5.75 Å². The molecule has 200 valence electrons. The molecule has 0 spiro atoms. The highest BCUT2D eigenvalue weighted by atomic mass is 16.5. The number of hydrogen-bond acceptors (Lipinski definition) is 6. The van der Waals surface area contributed by atoms with Gasteiger partial charge >= 0.3 is 5.63 Å². The summed E-state index contributed by atoms with van der Waals surface area (Å²) in [4.78, 5) is 39.4. The van der Waals surface area contributed by atoms with E-state index in [1.807, 2.05) is 43.3 Å². The number of nitrogens with zero attached hydrogens (tertiary/aromatic N) is 1. The van der Waals surface area contributed by atoms with Gasteiger partial charge in [0, 0.05) is 42.4 Å². The third-order valence-corrected chi connectivity index (χ3v) is 8.07. The van der Waals surface area contributed by atoms with Gasteiger partial charge in [-0.25, -0.2) is 4.79 Å². The van der Waals surface area contributed by atoms with E-state index in [-0.39, 0.29) is 25.0 Å². The molecule has 0 bridgehead atoms. The van der Waals surface area contributed by atoms with E-state index in [1.165, 1.54) is 0 Å². The number of benzene rings is 2. The van der Waals surface area contributed by atoms with Gasteiger partial charge in [-0.05, 0) is 49.4 Å². The van der Waals surface area contributed by atoms with Crippen LogP contribution in [0.2, 0.25) is 0 Å². The van der Waals surface area contributed by atoms with Crippen LogP contribution in [0.4, 0.5) is 0 Å². The molecule has 8 heteroatoms. The zero-order valence-electron chi connectivity index (χ0n) is 21.7. The summed E-state index contributed by atoms with van der Waals surface area (Å²) in [7, 11) is 0. The largest absolute Gasteiger partial charge is 0.484 e. The Kier molecular flexibility index (Phi) is 7.51. The predicted octanol–water partition coefficient (Wildman–Crippen LogP) is 3.34. The van der Waals surface area contributed by atoms with Crippen molar-refractivity contribution < 1.29 is 23.8 Å². The fourth-order valence-corrected chi connectivity index (χ4v) is 5.75. The first kappa shape index (κ1) is 26.0. The maximum atomic E-state index is 12.7. The highest BCUT2D eigenvalue weighted by molar-refractivity contribution is 5.86. The fraction of sp³-hybridized carbons (Fsp3) is 0.433. The molecule has 2 aromatic carbocycles. The second-order valence-electron chi connectivity index (χ2n) is 10.5. The zero-order chi connectivity index (χ0) is 26.7. The van der Waals surface area contributed by atoms with Crippen molar-refractivity contribution in [2.24, 2.45) is 5.92 Å². The lowest BCUT2D eigenvalue weighted by Crippen LogP contribution is -2.56. The number of fused-ring (bicyclic) bond motifs is 2. The van der Waals surface area contributed by atoms with Gasteiger partial charge in [0.1, 0.15) is 11.3 Å². The molecule has 3 aromatic rings. The zero-order valence-corrected chi connectivity index (χ0v) is 21.7. The lowest BCUT2D eigenvalue weighted by molar-refractivity contribution is -0.143. The second-order valence-corrected chi connectivity index (χ2v) is 10.5. The van der Waals surface area contributed by atoms with E-state index >= 15 is 0 Å². The van der Waals surface area contributed by atoms with Gasteiger partial charge in [0.2, 0.25) is 5.91 Å². The van der Waals surface area contributed by atoms with Gasteiger partial charge in [0.05, 0.1) is 12.1 Å². The Morgan fingerprint density at radius 2 is 1.97 bits per heavy atom. The van der Waals surface area contributed by atoms with Crippen molar-refractivity contribution in [2.75, 3.05) is 26.2 Å². The Labute approximate surface area is 221 Å². The average molecular weight is 519 g/mol. The Morgan fingerprint density at radius 1 is 1.16 bits per heavy atom. The van der Waals surface area contributed by atoms with E-state index in [0.717, 1.165) is 42.2 Å². The maximum absolute atomic E-state index is 12.7. The van der Waals surface area contributed by atoms with E-state index in [0.29, 0.717) is 42.8 Å². The molecule has 1 aliphatic heterocycles.